The molecule has 1 fully saturated rings. The first kappa shape index (κ1) is 26.3. The normalized spacial score (nSPS) is 14.7. The van der Waals surface area contributed by atoms with E-state index in [-0.39, 0.29) is 11.3 Å². The molecular formula is C27H27F3N8O. The predicted molar refractivity (Wildman–Crippen MR) is 143 cm³/mol. The Morgan fingerprint density at radius 1 is 1.00 bits per heavy atom. The molecule has 0 bridgehead atoms. The molecule has 0 radical (unpaired) electrons. The molecule has 0 unspecified atom stereocenters. The number of fused-ring (bicyclic) bond motifs is 1. The van der Waals surface area contributed by atoms with Crippen LogP contribution in [0.4, 0.5) is 36.3 Å². The van der Waals surface area contributed by atoms with E-state index in [0.29, 0.717) is 28.5 Å². The number of nitrogens with one attached hydrogen (secondary N) is 2. The lowest BCUT2D eigenvalue weighted by atomic mass is 10.1. The number of carbonyl (C=O) groups is 1. The molecule has 2 aromatic heterocycles. The zero-order valence-electron chi connectivity index (χ0n) is 21.5. The third kappa shape index (κ3) is 6.06. The highest BCUT2D eigenvalue weighted by Gasteiger charge is 2.30. The van der Waals surface area contributed by atoms with Crippen LogP contribution >= 0.6 is 0 Å². The van der Waals surface area contributed by atoms with Crippen LogP contribution in [-0.2, 0) is 6.18 Å². The molecule has 1 amide bonds. The number of hydrogen-bond acceptors (Lipinski definition) is 8. The molecule has 39 heavy (non-hydrogen) atoms. The lowest BCUT2D eigenvalue weighted by molar-refractivity contribution is -0.137. The Labute approximate surface area is 223 Å². The first-order valence-corrected chi connectivity index (χ1v) is 12.4. The fraction of sp³-hybridized carbons (Fsp3) is 0.296. The number of nitrogens with zero attached hydrogens (tertiary/aromatic N) is 6. The smallest absolute Gasteiger partial charge is 0.339 e. The average Bonchev–Trinajstić information content (AvgIpc) is 3.14. The second-order valence-corrected chi connectivity index (χ2v) is 9.46. The summed E-state index contributed by atoms with van der Waals surface area (Å²) in [6, 6.07) is 9.50. The van der Waals surface area contributed by atoms with Gasteiger partial charge in [-0.25, -0.2) is 19.9 Å². The van der Waals surface area contributed by atoms with Crippen LogP contribution in [0.3, 0.4) is 0 Å². The largest absolute Gasteiger partial charge is 0.416 e. The van der Waals surface area contributed by atoms with Gasteiger partial charge in [-0.1, -0.05) is 12.1 Å². The summed E-state index contributed by atoms with van der Waals surface area (Å²) < 4.78 is 39.2. The zero-order valence-corrected chi connectivity index (χ0v) is 21.5. The molecule has 0 atom stereocenters. The van der Waals surface area contributed by atoms with E-state index in [2.05, 4.69) is 42.4 Å². The molecule has 1 aliphatic heterocycles. The second-order valence-electron chi connectivity index (χ2n) is 9.46. The molecular weight excluding hydrogens is 509 g/mol. The van der Waals surface area contributed by atoms with Gasteiger partial charge in [0.2, 0.25) is 5.95 Å². The monoisotopic (exact) mass is 536 g/mol. The second kappa shape index (κ2) is 10.8. The van der Waals surface area contributed by atoms with Crippen molar-refractivity contribution in [1.82, 2.24) is 24.8 Å². The highest BCUT2D eigenvalue weighted by atomic mass is 19.4. The Morgan fingerprint density at radius 3 is 2.67 bits per heavy atom. The molecule has 9 nitrogen and oxygen atoms in total. The lowest BCUT2D eigenvalue weighted by Gasteiger charge is -2.20. The number of rotatable bonds is 5. The number of halogens is 3. The van der Waals surface area contributed by atoms with Crippen LogP contribution in [-0.4, -0.2) is 64.0 Å². The zero-order chi connectivity index (χ0) is 27.6. The number of anilines is 4. The number of hydrogen-bond donors (Lipinski definition) is 2. The molecule has 0 aliphatic carbocycles. The maximum Gasteiger partial charge on any atom is 0.416 e. The maximum absolute atomic E-state index is 13.1. The molecule has 1 aliphatic rings. The number of likely N-dealkylation sites (N-methyl/N-ethyl adjacent to an activating group) is 1. The summed E-state index contributed by atoms with van der Waals surface area (Å²) in [5.41, 5.74) is 2.03. The van der Waals surface area contributed by atoms with Crippen LogP contribution in [0, 0.1) is 6.92 Å². The maximum atomic E-state index is 13.1. The van der Waals surface area contributed by atoms with Gasteiger partial charge in [0.25, 0.3) is 5.91 Å². The van der Waals surface area contributed by atoms with Gasteiger partial charge in [-0.3, -0.25) is 4.79 Å². The highest BCUT2D eigenvalue weighted by molar-refractivity contribution is 6.05. The van der Waals surface area contributed by atoms with Crippen LogP contribution in [0.2, 0.25) is 0 Å². The summed E-state index contributed by atoms with van der Waals surface area (Å²) in [5.74, 6) is 0.511. The first-order chi connectivity index (χ1) is 18.7. The summed E-state index contributed by atoms with van der Waals surface area (Å²) in [6.07, 6.45) is -0.420. The van der Waals surface area contributed by atoms with Crippen molar-refractivity contribution in [2.45, 2.75) is 19.5 Å². The fourth-order valence-corrected chi connectivity index (χ4v) is 4.34. The topological polar surface area (TPSA) is 99.2 Å². The predicted octanol–water partition coefficient (Wildman–Crippen LogP) is 4.88. The van der Waals surface area contributed by atoms with E-state index in [0.717, 1.165) is 50.3 Å². The lowest BCUT2D eigenvalue weighted by Crippen LogP contribution is -2.30. The Hall–Kier alpha value is -4.32. The van der Waals surface area contributed by atoms with Gasteiger partial charge in [0.05, 0.1) is 11.8 Å². The molecule has 12 heteroatoms. The molecule has 2 aromatic carbocycles. The SMILES string of the molecule is Cc1ccc(C(=O)Nc2cccc(C(F)(F)F)c2)cc1Nc1ncnc2cnc(N3CCCN(C)CC3)nc12. The van der Waals surface area contributed by atoms with Crippen LogP contribution in [0.15, 0.2) is 55.0 Å². The number of aromatic nitrogens is 4. The number of benzene rings is 2. The van der Waals surface area contributed by atoms with Crippen LogP contribution in [0.1, 0.15) is 27.9 Å². The molecule has 202 valence electrons. The van der Waals surface area contributed by atoms with E-state index >= 15 is 0 Å². The quantitative estimate of drug-likeness (QED) is 0.372. The van der Waals surface area contributed by atoms with Gasteiger partial charge >= 0.3 is 6.18 Å². The van der Waals surface area contributed by atoms with E-state index < -0.39 is 17.6 Å². The first-order valence-electron chi connectivity index (χ1n) is 12.4. The van der Waals surface area contributed by atoms with Gasteiger partial charge in [0, 0.05) is 36.6 Å². The Bertz CT molecular complexity index is 1510. The third-order valence-corrected chi connectivity index (χ3v) is 6.57. The van der Waals surface area contributed by atoms with Crippen LogP contribution in [0.25, 0.3) is 11.0 Å². The van der Waals surface area contributed by atoms with Gasteiger partial charge in [-0.05, 0) is 62.8 Å². The van der Waals surface area contributed by atoms with Gasteiger partial charge in [-0.2, -0.15) is 13.2 Å². The van der Waals surface area contributed by atoms with Crippen LogP contribution in [0.5, 0.6) is 0 Å². The molecule has 0 spiro atoms. The van der Waals surface area contributed by atoms with Crippen molar-refractivity contribution in [2.24, 2.45) is 0 Å². The van der Waals surface area contributed by atoms with E-state index in [1.807, 2.05) is 6.92 Å². The molecule has 3 heterocycles. The molecule has 1 saturated heterocycles. The molecule has 5 rings (SSSR count). The highest BCUT2D eigenvalue weighted by Crippen LogP contribution is 2.31. The number of carbonyl (C=O) groups excluding carboxylic acids is 1. The van der Waals surface area contributed by atoms with Crippen molar-refractivity contribution in [3.05, 3.63) is 71.7 Å². The number of aryl methyl sites for hydroxylation is 1. The van der Waals surface area contributed by atoms with E-state index in [9.17, 15) is 18.0 Å². The van der Waals surface area contributed by atoms with Crippen molar-refractivity contribution < 1.29 is 18.0 Å². The Kier molecular flexibility index (Phi) is 7.29. The standard InChI is InChI=1S/C27H27F3N8O/c1-17-7-8-18(25(39)34-20-6-3-5-19(14-20)27(28,29)30)13-21(17)35-24-23-22(32-16-33-24)15-31-26(36-23)38-10-4-9-37(2)11-12-38/h3,5-8,13-16H,4,9-12H2,1-2H3,(H,34,39)(H,32,33,35). The minimum Gasteiger partial charge on any atom is -0.339 e. The molecule has 0 saturated carbocycles. The van der Waals surface area contributed by atoms with Crippen molar-refractivity contribution in [1.29, 1.82) is 0 Å². The third-order valence-electron chi connectivity index (χ3n) is 6.57. The number of amides is 1. The fourth-order valence-electron chi connectivity index (χ4n) is 4.34. The summed E-state index contributed by atoms with van der Waals surface area (Å²) in [7, 11) is 2.09. The molecule has 4 aromatic rings. The van der Waals surface area contributed by atoms with E-state index in [1.54, 1.807) is 24.4 Å². The Morgan fingerprint density at radius 2 is 1.85 bits per heavy atom. The van der Waals surface area contributed by atoms with Gasteiger partial charge < -0.3 is 20.4 Å². The van der Waals surface area contributed by atoms with Crippen molar-refractivity contribution in [3.63, 3.8) is 0 Å². The van der Waals surface area contributed by atoms with E-state index in [4.69, 9.17) is 4.98 Å². The number of alkyl halides is 3. The summed E-state index contributed by atoms with van der Waals surface area (Å²) in [4.78, 5) is 35.3. The van der Waals surface area contributed by atoms with Gasteiger partial charge in [0.1, 0.15) is 17.4 Å². The molecule has 2 N–H and O–H groups in total. The van der Waals surface area contributed by atoms with Gasteiger partial charge in [0.15, 0.2) is 5.82 Å². The van der Waals surface area contributed by atoms with Crippen molar-refractivity contribution in [3.8, 4) is 0 Å². The van der Waals surface area contributed by atoms with Crippen molar-refractivity contribution >= 4 is 40.1 Å². The van der Waals surface area contributed by atoms with Crippen LogP contribution < -0.4 is 15.5 Å². The van der Waals surface area contributed by atoms with E-state index in [1.165, 1.54) is 18.5 Å². The average molecular weight is 537 g/mol. The minimum absolute atomic E-state index is 0.0515. The summed E-state index contributed by atoms with van der Waals surface area (Å²) in [5, 5.41) is 5.80. The van der Waals surface area contributed by atoms with Crippen molar-refractivity contribution in [2.75, 3.05) is 48.8 Å². The summed E-state index contributed by atoms with van der Waals surface area (Å²) in [6.45, 7) is 5.44. The Balaban J connectivity index is 1.40. The summed E-state index contributed by atoms with van der Waals surface area (Å²) >= 11 is 0. The minimum atomic E-state index is -4.50. The van der Waals surface area contributed by atoms with Gasteiger partial charge in [-0.15, -0.1) is 0 Å².